The molecular formula is C16H17N3O2S2. The molecule has 0 fully saturated rings. The van der Waals surface area contributed by atoms with Crippen molar-refractivity contribution in [2.24, 2.45) is 7.05 Å². The van der Waals surface area contributed by atoms with Gasteiger partial charge in [0, 0.05) is 24.3 Å². The molecule has 1 atom stereocenters. The molecule has 1 aromatic carbocycles. The Kier molecular flexibility index (Phi) is 4.50. The number of hydrogen-bond donors (Lipinski definition) is 1. The summed E-state index contributed by atoms with van der Waals surface area (Å²) in [6.07, 6.45) is 4.14. The summed E-state index contributed by atoms with van der Waals surface area (Å²) in [5.41, 5.74) is 1.28. The predicted octanol–water partition coefficient (Wildman–Crippen LogP) is 2.70. The van der Waals surface area contributed by atoms with Gasteiger partial charge in [0.2, 0.25) is 5.91 Å². The maximum Gasteiger partial charge on any atom is 0.279 e. The van der Waals surface area contributed by atoms with Gasteiger partial charge in [0.25, 0.3) is 5.56 Å². The molecule has 1 unspecified atom stereocenters. The number of nitrogens with zero attached hydrogens (tertiary/aromatic N) is 2. The van der Waals surface area contributed by atoms with Crippen molar-refractivity contribution in [3.63, 3.8) is 0 Å². The Morgan fingerprint density at radius 3 is 2.48 bits per heavy atom. The molecule has 1 aliphatic heterocycles. The lowest BCUT2D eigenvalue weighted by atomic mass is 9.87. The molecule has 0 aliphatic carbocycles. The van der Waals surface area contributed by atoms with Gasteiger partial charge in [0.15, 0.2) is 5.16 Å². The summed E-state index contributed by atoms with van der Waals surface area (Å²) in [5.74, 6) is 0.228. The van der Waals surface area contributed by atoms with Crippen LogP contribution in [0.4, 0.5) is 5.82 Å². The van der Waals surface area contributed by atoms with Crippen molar-refractivity contribution in [2.45, 2.75) is 22.4 Å². The number of carbonyl (C=O) groups excluding carboxylic acids is 1. The van der Waals surface area contributed by atoms with Crippen LogP contribution in [-0.4, -0.2) is 28.0 Å². The third-order valence-electron chi connectivity index (χ3n) is 4.00. The summed E-state index contributed by atoms with van der Waals surface area (Å²) >= 11 is 3.04. The second-order valence-electron chi connectivity index (χ2n) is 5.30. The van der Waals surface area contributed by atoms with Gasteiger partial charge in [0.05, 0.1) is 5.56 Å². The molecule has 0 bridgehead atoms. The summed E-state index contributed by atoms with van der Waals surface area (Å²) in [6, 6.07) is 8.00. The van der Waals surface area contributed by atoms with E-state index in [-0.39, 0.29) is 23.8 Å². The van der Waals surface area contributed by atoms with Crippen LogP contribution in [0.25, 0.3) is 0 Å². The molecule has 1 amide bonds. The first-order valence-corrected chi connectivity index (χ1v) is 9.58. The fourth-order valence-corrected chi connectivity index (χ4v) is 3.79. The summed E-state index contributed by atoms with van der Waals surface area (Å²) < 4.78 is 1.78. The minimum Gasteiger partial charge on any atom is -0.312 e. The van der Waals surface area contributed by atoms with Crippen molar-refractivity contribution in [3.8, 4) is 0 Å². The first kappa shape index (κ1) is 16.1. The average molecular weight is 347 g/mol. The lowest BCUT2D eigenvalue weighted by Gasteiger charge is -2.27. The van der Waals surface area contributed by atoms with Crippen LogP contribution in [0.3, 0.4) is 0 Å². The zero-order valence-corrected chi connectivity index (χ0v) is 14.8. The van der Waals surface area contributed by atoms with Crippen molar-refractivity contribution in [2.75, 3.05) is 17.8 Å². The molecule has 7 heteroatoms. The van der Waals surface area contributed by atoms with Gasteiger partial charge in [-0.05, 0) is 30.2 Å². The third-order valence-corrected chi connectivity index (χ3v) is 5.48. The van der Waals surface area contributed by atoms with Crippen LogP contribution < -0.4 is 10.9 Å². The Hall–Kier alpha value is -1.73. The Morgan fingerprint density at radius 1 is 1.17 bits per heavy atom. The summed E-state index contributed by atoms with van der Waals surface area (Å²) in [5, 5.41) is 3.42. The Balaban J connectivity index is 2.16. The van der Waals surface area contributed by atoms with E-state index in [4.69, 9.17) is 0 Å². The molecule has 120 valence electrons. The van der Waals surface area contributed by atoms with Gasteiger partial charge in [-0.1, -0.05) is 23.9 Å². The van der Waals surface area contributed by atoms with E-state index in [2.05, 4.69) is 10.3 Å². The molecule has 0 saturated heterocycles. The molecule has 1 aromatic heterocycles. The number of aromatic nitrogens is 2. The number of rotatable bonds is 3. The van der Waals surface area contributed by atoms with Crippen LogP contribution in [0.5, 0.6) is 0 Å². The topological polar surface area (TPSA) is 64.0 Å². The maximum atomic E-state index is 12.5. The van der Waals surface area contributed by atoms with Crippen molar-refractivity contribution < 1.29 is 4.79 Å². The van der Waals surface area contributed by atoms with Crippen molar-refractivity contribution in [1.82, 2.24) is 9.55 Å². The van der Waals surface area contributed by atoms with E-state index in [1.807, 2.05) is 43.8 Å². The van der Waals surface area contributed by atoms with Gasteiger partial charge in [-0.25, -0.2) is 0 Å². The highest BCUT2D eigenvalue weighted by Crippen LogP contribution is 2.36. The van der Waals surface area contributed by atoms with Crippen molar-refractivity contribution >= 4 is 35.2 Å². The van der Waals surface area contributed by atoms with Crippen LogP contribution in [0.1, 0.15) is 23.5 Å². The highest BCUT2D eigenvalue weighted by molar-refractivity contribution is 7.98. The van der Waals surface area contributed by atoms with E-state index >= 15 is 0 Å². The Bertz CT molecular complexity index is 815. The number of amides is 1. The molecule has 3 rings (SSSR count). The van der Waals surface area contributed by atoms with Gasteiger partial charge in [-0.2, -0.15) is 4.98 Å². The second-order valence-corrected chi connectivity index (χ2v) is 6.96. The monoisotopic (exact) mass is 347 g/mol. The SMILES string of the molecule is CSc1ccc(C2CC(=O)Nc3c2c(=O)nc(SC)n3C)cc1. The molecule has 0 radical (unpaired) electrons. The quantitative estimate of drug-likeness (QED) is 0.683. The smallest absolute Gasteiger partial charge is 0.279 e. The minimum absolute atomic E-state index is 0.0790. The zero-order chi connectivity index (χ0) is 16.6. The first-order valence-electron chi connectivity index (χ1n) is 7.14. The van der Waals surface area contributed by atoms with E-state index in [0.717, 1.165) is 10.5 Å². The molecule has 2 heterocycles. The largest absolute Gasteiger partial charge is 0.312 e. The number of nitrogens with one attached hydrogen (secondary N) is 1. The van der Waals surface area contributed by atoms with Crippen molar-refractivity contribution in [3.05, 3.63) is 45.7 Å². The highest BCUT2D eigenvalue weighted by Gasteiger charge is 2.31. The number of carbonyl (C=O) groups is 1. The van der Waals surface area contributed by atoms with Gasteiger partial charge < -0.3 is 9.88 Å². The molecular weight excluding hydrogens is 330 g/mol. The zero-order valence-electron chi connectivity index (χ0n) is 13.1. The lowest BCUT2D eigenvalue weighted by Crippen LogP contribution is -2.33. The molecule has 0 spiro atoms. The summed E-state index contributed by atoms with van der Waals surface area (Å²) in [7, 11) is 1.82. The summed E-state index contributed by atoms with van der Waals surface area (Å²) in [4.78, 5) is 30.0. The molecule has 1 aliphatic rings. The maximum absolute atomic E-state index is 12.5. The van der Waals surface area contributed by atoms with Gasteiger partial charge in [-0.3, -0.25) is 9.59 Å². The van der Waals surface area contributed by atoms with Crippen LogP contribution >= 0.6 is 23.5 Å². The molecule has 0 saturated carbocycles. The number of hydrogen-bond acceptors (Lipinski definition) is 5. The van der Waals surface area contributed by atoms with Gasteiger partial charge in [0.1, 0.15) is 5.82 Å². The van der Waals surface area contributed by atoms with Crippen molar-refractivity contribution in [1.29, 1.82) is 0 Å². The summed E-state index contributed by atoms with van der Waals surface area (Å²) in [6.45, 7) is 0. The van der Waals surface area contributed by atoms with E-state index in [0.29, 0.717) is 16.5 Å². The molecule has 1 N–H and O–H groups in total. The second kappa shape index (κ2) is 6.41. The fraction of sp³-hybridized carbons (Fsp3) is 0.312. The molecule has 5 nitrogen and oxygen atoms in total. The Morgan fingerprint density at radius 2 is 1.87 bits per heavy atom. The van der Waals surface area contributed by atoms with E-state index < -0.39 is 0 Å². The molecule has 23 heavy (non-hydrogen) atoms. The number of benzene rings is 1. The highest BCUT2D eigenvalue weighted by atomic mass is 32.2. The normalized spacial score (nSPS) is 16.8. The predicted molar refractivity (Wildman–Crippen MR) is 94.6 cm³/mol. The van der Waals surface area contributed by atoms with Crippen LogP contribution in [-0.2, 0) is 11.8 Å². The number of fused-ring (bicyclic) bond motifs is 1. The van der Waals surface area contributed by atoms with Crippen LogP contribution in [0.2, 0.25) is 0 Å². The van der Waals surface area contributed by atoms with Gasteiger partial charge >= 0.3 is 0 Å². The van der Waals surface area contributed by atoms with E-state index in [1.54, 1.807) is 16.3 Å². The van der Waals surface area contributed by atoms with E-state index in [1.165, 1.54) is 11.8 Å². The average Bonchev–Trinajstić information content (AvgIpc) is 2.57. The fourth-order valence-electron chi connectivity index (χ4n) is 2.84. The van der Waals surface area contributed by atoms with Crippen LogP contribution in [0, 0.1) is 0 Å². The number of thioether (sulfide) groups is 2. The van der Waals surface area contributed by atoms with E-state index in [9.17, 15) is 9.59 Å². The number of anilines is 1. The van der Waals surface area contributed by atoms with Crippen LogP contribution in [0.15, 0.2) is 39.1 Å². The standard InChI is InChI=1S/C16H17N3O2S2/c1-19-14-13(15(21)18-16(19)23-3)11(8-12(20)17-14)9-4-6-10(22-2)7-5-9/h4-7,11H,8H2,1-3H3,(H,17,20). The minimum atomic E-state index is -0.263. The Labute approximate surface area is 142 Å². The molecule has 2 aromatic rings. The van der Waals surface area contributed by atoms with Gasteiger partial charge in [-0.15, -0.1) is 11.8 Å². The lowest BCUT2D eigenvalue weighted by molar-refractivity contribution is -0.116. The third kappa shape index (κ3) is 2.90. The first-order chi connectivity index (χ1) is 11.0.